The van der Waals surface area contributed by atoms with E-state index in [0.29, 0.717) is 12.6 Å². The van der Waals surface area contributed by atoms with Crippen molar-refractivity contribution in [3.63, 3.8) is 0 Å². The van der Waals surface area contributed by atoms with Gasteiger partial charge in [-0.15, -0.1) is 0 Å². The highest BCUT2D eigenvalue weighted by Crippen LogP contribution is 2.18. The van der Waals surface area contributed by atoms with Crippen molar-refractivity contribution in [2.24, 2.45) is 0 Å². The van der Waals surface area contributed by atoms with Gasteiger partial charge in [-0.3, -0.25) is 4.90 Å². The zero-order valence-electron chi connectivity index (χ0n) is 12.2. The summed E-state index contributed by atoms with van der Waals surface area (Å²) in [5.41, 5.74) is 0.781. The van der Waals surface area contributed by atoms with E-state index in [1.807, 2.05) is 6.07 Å². The van der Waals surface area contributed by atoms with E-state index in [2.05, 4.69) is 33.1 Å². The van der Waals surface area contributed by atoms with E-state index in [1.165, 1.54) is 19.3 Å². The topological polar surface area (TPSA) is 15.3 Å². The summed E-state index contributed by atoms with van der Waals surface area (Å²) in [4.78, 5) is 2.37. The first-order valence-electron chi connectivity index (χ1n) is 7.58. The summed E-state index contributed by atoms with van der Waals surface area (Å²) in [7, 11) is 0. The molecule has 1 aromatic carbocycles. The highest BCUT2D eigenvalue weighted by atomic mass is 79.9. The van der Waals surface area contributed by atoms with E-state index in [4.69, 9.17) is 0 Å². The van der Waals surface area contributed by atoms with Crippen LogP contribution in [0.25, 0.3) is 0 Å². The van der Waals surface area contributed by atoms with Gasteiger partial charge in [0.15, 0.2) is 0 Å². The Morgan fingerprint density at radius 1 is 1.40 bits per heavy atom. The first kappa shape index (κ1) is 15.9. The molecule has 1 fully saturated rings. The molecule has 1 heterocycles. The van der Waals surface area contributed by atoms with Gasteiger partial charge in [0.05, 0.1) is 0 Å². The molecule has 0 aliphatic carbocycles. The Bertz CT molecular complexity index is 419. The van der Waals surface area contributed by atoms with Crippen LogP contribution in [-0.4, -0.2) is 30.6 Å². The lowest BCUT2D eigenvalue weighted by atomic mass is 10.0. The summed E-state index contributed by atoms with van der Waals surface area (Å²) in [5.74, 6) is -0.106. The van der Waals surface area contributed by atoms with Crippen molar-refractivity contribution in [2.45, 2.75) is 45.2 Å². The van der Waals surface area contributed by atoms with Gasteiger partial charge < -0.3 is 5.32 Å². The van der Waals surface area contributed by atoms with Gasteiger partial charge in [0, 0.05) is 29.2 Å². The quantitative estimate of drug-likeness (QED) is 0.842. The number of hydrogen-bond donors (Lipinski definition) is 1. The maximum atomic E-state index is 13.9. The van der Waals surface area contributed by atoms with E-state index in [0.717, 1.165) is 36.1 Å². The van der Waals surface area contributed by atoms with Gasteiger partial charge in [0.25, 0.3) is 0 Å². The first-order valence-corrected chi connectivity index (χ1v) is 8.38. The molecular formula is C16H24BrFN2. The second-order valence-electron chi connectivity index (χ2n) is 5.62. The average molecular weight is 343 g/mol. The molecule has 0 amide bonds. The van der Waals surface area contributed by atoms with Gasteiger partial charge in [0.1, 0.15) is 5.82 Å². The molecule has 1 aromatic rings. The van der Waals surface area contributed by atoms with Crippen molar-refractivity contribution in [1.82, 2.24) is 10.2 Å². The fourth-order valence-electron chi connectivity index (χ4n) is 2.85. The molecule has 1 atom stereocenters. The Balaban J connectivity index is 1.98. The van der Waals surface area contributed by atoms with Gasteiger partial charge in [-0.2, -0.15) is 0 Å². The zero-order chi connectivity index (χ0) is 14.4. The van der Waals surface area contributed by atoms with E-state index in [-0.39, 0.29) is 5.82 Å². The summed E-state index contributed by atoms with van der Waals surface area (Å²) in [6.45, 7) is 6.02. The molecule has 1 N–H and O–H groups in total. The van der Waals surface area contributed by atoms with Crippen LogP contribution in [0.4, 0.5) is 4.39 Å². The third kappa shape index (κ3) is 4.83. The number of nitrogens with zero attached hydrogens (tertiary/aromatic N) is 1. The number of benzene rings is 1. The van der Waals surface area contributed by atoms with Crippen LogP contribution in [0.3, 0.4) is 0 Å². The minimum absolute atomic E-state index is 0.106. The van der Waals surface area contributed by atoms with Crippen molar-refractivity contribution in [3.05, 3.63) is 34.1 Å². The molecule has 2 nitrogen and oxygen atoms in total. The van der Waals surface area contributed by atoms with Crippen molar-refractivity contribution in [3.8, 4) is 0 Å². The molecule has 0 spiro atoms. The van der Waals surface area contributed by atoms with Crippen molar-refractivity contribution >= 4 is 15.9 Å². The summed E-state index contributed by atoms with van der Waals surface area (Å²) >= 11 is 3.43. The lowest BCUT2D eigenvalue weighted by Gasteiger charge is -2.30. The van der Waals surface area contributed by atoms with Crippen LogP contribution < -0.4 is 5.32 Å². The molecule has 4 heteroatoms. The minimum atomic E-state index is -0.106. The summed E-state index contributed by atoms with van der Waals surface area (Å²) in [6.07, 6.45) is 4.93. The molecule has 1 unspecified atom stereocenters. The minimum Gasteiger partial charge on any atom is -0.313 e. The smallest absolute Gasteiger partial charge is 0.127 e. The molecule has 1 saturated heterocycles. The molecule has 0 aromatic heterocycles. The van der Waals surface area contributed by atoms with E-state index < -0.39 is 0 Å². The fraction of sp³-hybridized carbons (Fsp3) is 0.625. The molecule has 112 valence electrons. The van der Waals surface area contributed by atoms with Crippen LogP contribution in [0.2, 0.25) is 0 Å². The van der Waals surface area contributed by atoms with Gasteiger partial charge >= 0.3 is 0 Å². The number of halogens is 2. The largest absolute Gasteiger partial charge is 0.313 e. The van der Waals surface area contributed by atoms with Crippen molar-refractivity contribution in [1.29, 1.82) is 0 Å². The second-order valence-corrected chi connectivity index (χ2v) is 6.53. The summed E-state index contributed by atoms with van der Waals surface area (Å²) in [6, 6.07) is 5.76. The van der Waals surface area contributed by atoms with Crippen LogP contribution in [0.1, 0.15) is 38.2 Å². The highest BCUT2D eigenvalue weighted by Gasteiger charge is 2.17. The predicted octanol–water partition coefficient (Wildman–Crippen LogP) is 3.94. The Labute approximate surface area is 129 Å². The average Bonchev–Trinajstić information content (AvgIpc) is 2.44. The lowest BCUT2D eigenvalue weighted by molar-refractivity contribution is 0.215. The normalized spacial score (nSPS) is 19.5. The van der Waals surface area contributed by atoms with Gasteiger partial charge in [0.2, 0.25) is 0 Å². The predicted molar refractivity (Wildman–Crippen MR) is 85.3 cm³/mol. The highest BCUT2D eigenvalue weighted by molar-refractivity contribution is 9.10. The van der Waals surface area contributed by atoms with Crippen LogP contribution in [-0.2, 0) is 6.54 Å². The summed E-state index contributed by atoms with van der Waals surface area (Å²) < 4.78 is 14.8. The number of piperidine rings is 1. The fourth-order valence-corrected chi connectivity index (χ4v) is 3.26. The van der Waals surface area contributed by atoms with Crippen molar-refractivity contribution < 1.29 is 4.39 Å². The third-order valence-electron chi connectivity index (χ3n) is 3.83. The number of nitrogens with one attached hydrogen (secondary N) is 1. The summed E-state index contributed by atoms with van der Waals surface area (Å²) in [5, 5.41) is 3.58. The Morgan fingerprint density at radius 2 is 2.25 bits per heavy atom. The Morgan fingerprint density at radius 3 is 2.95 bits per heavy atom. The SMILES string of the molecule is CCCN(Cc1cc(Br)ccc1F)CC1CCCCN1. The van der Waals surface area contributed by atoms with Gasteiger partial charge in [-0.05, 0) is 50.6 Å². The molecule has 1 aliphatic rings. The van der Waals surface area contributed by atoms with E-state index in [9.17, 15) is 4.39 Å². The molecule has 0 saturated carbocycles. The number of hydrogen-bond acceptors (Lipinski definition) is 2. The first-order chi connectivity index (χ1) is 9.69. The molecule has 2 rings (SSSR count). The van der Waals surface area contributed by atoms with E-state index in [1.54, 1.807) is 12.1 Å². The van der Waals surface area contributed by atoms with Gasteiger partial charge in [-0.1, -0.05) is 29.3 Å². The monoisotopic (exact) mass is 342 g/mol. The zero-order valence-corrected chi connectivity index (χ0v) is 13.8. The van der Waals surface area contributed by atoms with Gasteiger partial charge in [-0.25, -0.2) is 4.39 Å². The molecular weight excluding hydrogens is 319 g/mol. The lowest BCUT2D eigenvalue weighted by Crippen LogP contribution is -2.43. The van der Waals surface area contributed by atoms with Crippen LogP contribution in [0, 0.1) is 5.82 Å². The Kier molecular flexibility index (Phi) is 6.46. The third-order valence-corrected chi connectivity index (χ3v) is 4.33. The van der Waals surface area contributed by atoms with E-state index >= 15 is 0 Å². The second kappa shape index (κ2) is 8.11. The maximum absolute atomic E-state index is 13.9. The molecule has 0 radical (unpaired) electrons. The molecule has 20 heavy (non-hydrogen) atoms. The van der Waals surface area contributed by atoms with Crippen LogP contribution in [0.15, 0.2) is 22.7 Å². The molecule has 1 aliphatic heterocycles. The standard InChI is InChI=1S/C16H24BrFN2/c1-2-9-20(12-15-5-3-4-8-19-15)11-13-10-14(17)6-7-16(13)18/h6-7,10,15,19H,2-5,8-9,11-12H2,1H3. The van der Waals surface area contributed by atoms with Crippen molar-refractivity contribution in [2.75, 3.05) is 19.6 Å². The molecule has 0 bridgehead atoms. The maximum Gasteiger partial charge on any atom is 0.127 e. The Hall–Kier alpha value is -0.450. The number of rotatable bonds is 6. The van der Waals surface area contributed by atoms with Crippen LogP contribution >= 0.6 is 15.9 Å². The van der Waals surface area contributed by atoms with Crippen LogP contribution in [0.5, 0.6) is 0 Å².